The zero-order valence-corrected chi connectivity index (χ0v) is 26.7. The van der Waals surface area contributed by atoms with Crippen LogP contribution in [0.25, 0.3) is 11.1 Å². The van der Waals surface area contributed by atoms with Gasteiger partial charge in [-0.05, 0) is 35.1 Å². The summed E-state index contributed by atoms with van der Waals surface area (Å²) < 4.78 is 5.50. The maximum atomic E-state index is 12.6. The fourth-order valence-corrected chi connectivity index (χ4v) is 5.45. The van der Waals surface area contributed by atoms with Crippen molar-refractivity contribution in [3.05, 3.63) is 59.7 Å². The molecule has 2 aromatic rings. The van der Waals surface area contributed by atoms with E-state index >= 15 is 0 Å². The molecule has 7 N–H and O–H groups in total. The Morgan fingerprint density at radius 3 is 1.85 bits per heavy atom. The largest absolute Gasteiger partial charge is 0.481 e. The summed E-state index contributed by atoms with van der Waals surface area (Å²) in [5.41, 5.74) is 4.29. The van der Waals surface area contributed by atoms with Gasteiger partial charge in [0.15, 0.2) is 0 Å². The molecule has 0 fully saturated rings. The van der Waals surface area contributed by atoms with Crippen molar-refractivity contribution >= 4 is 54.4 Å². The Labute approximate surface area is 281 Å². The number of thiol groups is 1. The molecule has 0 bridgehead atoms. The number of alkyl carbamates (subject to hydrolysis) is 1. The van der Waals surface area contributed by atoms with Crippen LogP contribution in [0, 0.1) is 0 Å². The topological polar surface area (TPSA) is 238 Å². The molecule has 3 rings (SSSR count). The maximum Gasteiger partial charge on any atom is 0.407 e. The minimum absolute atomic E-state index is 0.0187. The Bertz CT molecular complexity index is 1470. The molecule has 3 unspecified atom stereocenters. The zero-order valence-electron chi connectivity index (χ0n) is 25.8. The number of benzene rings is 2. The van der Waals surface area contributed by atoms with Crippen molar-refractivity contribution in [3.63, 3.8) is 0 Å². The van der Waals surface area contributed by atoms with Crippen LogP contribution in [0.1, 0.15) is 55.6 Å². The van der Waals surface area contributed by atoms with Crippen LogP contribution in [-0.4, -0.2) is 94.1 Å². The van der Waals surface area contributed by atoms with Gasteiger partial charge in [-0.3, -0.25) is 24.0 Å². The third kappa shape index (κ3) is 11.0. The molecule has 3 atom stereocenters. The van der Waals surface area contributed by atoms with Gasteiger partial charge in [-0.1, -0.05) is 55.0 Å². The van der Waals surface area contributed by atoms with Crippen molar-refractivity contribution in [1.29, 1.82) is 0 Å². The molecule has 0 saturated carbocycles. The predicted molar refractivity (Wildman–Crippen MR) is 173 cm³/mol. The van der Waals surface area contributed by atoms with Gasteiger partial charge in [-0.25, -0.2) is 9.59 Å². The predicted octanol–water partition coefficient (Wildman–Crippen LogP) is 1.50. The van der Waals surface area contributed by atoms with Gasteiger partial charge in [-0.15, -0.1) is 0 Å². The van der Waals surface area contributed by atoms with E-state index in [1.54, 1.807) is 0 Å². The van der Waals surface area contributed by atoms with Gasteiger partial charge in [0.1, 0.15) is 24.7 Å². The molecule has 0 spiro atoms. The molecule has 0 heterocycles. The summed E-state index contributed by atoms with van der Waals surface area (Å²) in [5.74, 6) is -6.98. The molecule has 1 aliphatic rings. The van der Waals surface area contributed by atoms with Gasteiger partial charge in [0.2, 0.25) is 17.7 Å². The molecule has 1 aliphatic carbocycles. The summed E-state index contributed by atoms with van der Waals surface area (Å²) in [6.07, 6.45) is -1.41. The third-order valence-corrected chi connectivity index (χ3v) is 7.90. The SMILES string of the molecule is O=C(O)CC(NC(=O)C(CC(=O)O)NC(=O)CCCCCNC(=O)C(CS)NC(=O)OCC1c2ccccc2-c2ccccc21)C(=O)O. The van der Waals surface area contributed by atoms with Crippen molar-refractivity contribution in [3.8, 4) is 11.1 Å². The van der Waals surface area contributed by atoms with E-state index in [0.29, 0.717) is 19.3 Å². The molecular formula is C32H38N4O11S. The normalized spacial score (nSPS) is 13.5. The first-order chi connectivity index (χ1) is 22.9. The first kappa shape index (κ1) is 37.3. The summed E-state index contributed by atoms with van der Waals surface area (Å²) in [5, 5.41) is 36.4. The number of ether oxygens (including phenoxy) is 1. The molecule has 0 radical (unpaired) electrons. The summed E-state index contributed by atoms with van der Waals surface area (Å²) >= 11 is 4.17. The number of fused-ring (bicyclic) bond motifs is 3. The fourth-order valence-electron chi connectivity index (χ4n) is 5.20. The molecule has 258 valence electrons. The lowest BCUT2D eigenvalue weighted by molar-refractivity contribution is -0.148. The van der Waals surface area contributed by atoms with Crippen molar-refractivity contribution in [2.45, 2.75) is 62.6 Å². The maximum absolute atomic E-state index is 12.6. The standard InChI is InChI=1S/C32H38N4O11S/c37-26(34-23(14-27(38)39)30(43)35-24(31(44)45)15-28(40)41)12-2-1-7-13-33-29(42)25(17-48)36-32(46)47-16-22-20-10-5-3-8-18(20)19-9-4-6-11-21(19)22/h3-6,8-11,22-25,48H,1-2,7,12-17H2,(H,33,42)(H,34,37)(H,35,43)(H,36,46)(H,38,39)(H,40,41)(H,44,45). The highest BCUT2D eigenvalue weighted by atomic mass is 32.1. The number of unbranched alkanes of at least 4 members (excludes halogenated alkanes) is 2. The molecular weight excluding hydrogens is 648 g/mol. The highest BCUT2D eigenvalue weighted by molar-refractivity contribution is 7.80. The van der Waals surface area contributed by atoms with Gasteiger partial charge in [0.25, 0.3) is 0 Å². The molecule has 0 aliphatic heterocycles. The van der Waals surface area contributed by atoms with Crippen LogP contribution in [0.15, 0.2) is 48.5 Å². The third-order valence-electron chi connectivity index (χ3n) is 7.54. The first-order valence-electron chi connectivity index (χ1n) is 15.2. The van der Waals surface area contributed by atoms with E-state index in [4.69, 9.17) is 20.1 Å². The van der Waals surface area contributed by atoms with Crippen LogP contribution >= 0.6 is 12.6 Å². The molecule has 2 aromatic carbocycles. The van der Waals surface area contributed by atoms with E-state index in [2.05, 4.69) is 28.6 Å². The summed E-state index contributed by atoms with van der Waals surface area (Å²) in [6.45, 7) is 0.310. The summed E-state index contributed by atoms with van der Waals surface area (Å²) in [4.78, 5) is 83.2. The Morgan fingerprint density at radius 2 is 1.29 bits per heavy atom. The number of carboxylic acid groups (broad SMARTS) is 3. The lowest BCUT2D eigenvalue weighted by Gasteiger charge is -2.19. The quantitative estimate of drug-likeness (QED) is 0.0779. The van der Waals surface area contributed by atoms with Crippen LogP contribution < -0.4 is 21.3 Å². The van der Waals surface area contributed by atoms with Gasteiger partial charge in [0.05, 0.1) is 12.8 Å². The number of rotatable bonds is 19. The highest BCUT2D eigenvalue weighted by Gasteiger charge is 2.31. The second kappa shape index (κ2) is 18.3. The summed E-state index contributed by atoms with van der Waals surface area (Å²) in [6, 6.07) is 11.4. The number of nitrogens with one attached hydrogen (secondary N) is 4. The van der Waals surface area contributed by atoms with Crippen molar-refractivity contribution in [2.75, 3.05) is 18.9 Å². The fraction of sp³-hybridized carbons (Fsp3) is 0.406. The van der Waals surface area contributed by atoms with Crippen LogP contribution in [-0.2, 0) is 33.5 Å². The van der Waals surface area contributed by atoms with E-state index in [0.717, 1.165) is 22.3 Å². The lowest BCUT2D eigenvalue weighted by Crippen LogP contribution is -2.52. The van der Waals surface area contributed by atoms with Crippen LogP contribution in [0.2, 0.25) is 0 Å². The molecule has 16 heteroatoms. The minimum atomic E-state index is -1.81. The van der Waals surface area contributed by atoms with Crippen molar-refractivity contribution in [1.82, 2.24) is 21.3 Å². The van der Waals surface area contributed by atoms with E-state index in [1.165, 1.54) is 0 Å². The number of carbonyl (C=O) groups excluding carboxylic acids is 4. The number of hydrogen-bond donors (Lipinski definition) is 8. The van der Waals surface area contributed by atoms with Crippen molar-refractivity contribution in [2.24, 2.45) is 0 Å². The number of carboxylic acids is 3. The second-order valence-electron chi connectivity index (χ2n) is 11.0. The van der Waals surface area contributed by atoms with Gasteiger partial charge >= 0.3 is 24.0 Å². The van der Waals surface area contributed by atoms with Crippen LogP contribution in [0.4, 0.5) is 4.79 Å². The van der Waals surface area contributed by atoms with Gasteiger partial charge in [-0.2, -0.15) is 12.6 Å². The van der Waals surface area contributed by atoms with E-state index in [1.807, 2.05) is 53.8 Å². The highest BCUT2D eigenvalue weighted by Crippen LogP contribution is 2.44. The Balaban J connectivity index is 1.37. The van der Waals surface area contributed by atoms with Gasteiger partial charge in [0, 0.05) is 24.6 Å². The second-order valence-corrected chi connectivity index (χ2v) is 11.4. The number of hydrogen-bond acceptors (Lipinski definition) is 9. The number of aliphatic carboxylic acids is 3. The summed E-state index contributed by atoms with van der Waals surface area (Å²) in [7, 11) is 0. The van der Waals surface area contributed by atoms with E-state index in [-0.39, 0.29) is 31.2 Å². The Morgan fingerprint density at radius 1 is 0.708 bits per heavy atom. The first-order valence-corrected chi connectivity index (χ1v) is 15.8. The molecule has 4 amide bonds. The molecule has 0 aromatic heterocycles. The van der Waals surface area contributed by atoms with Crippen LogP contribution in [0.5, 0.6) is 0 Å². The average Bonchev–Trinajstić information content (AvgIpc) is 3.36. The monoisotopic (exact) mass is 686 g/mol. The number of carbonyl (C=O) groups is 7. The molecule has 0 saturated heterocycles. The van der Waals surface area contributed by atoms with E-state index < -0.39 is 72.7 Å². The Hall–Kier alpha value is -5.12. The van der Waals surface area contributed by atoms with Crippen LogP contribution in [0.3, 0.4) is 0 Å². The van der Waals surface area contributed by atoms with Crippen molar-refractivity contribution < 1.29 is 53.6 Å². The Kier molecular flexibility index (Phi) is 14.2. The smallest absolute Gasteiger partial charge is 0.407 e. The number of amides is 4. The van der Waals surface area contributed by atoms with E-state index in [9.17, 15) is 33.6 Å². The minimum Gasteiger partial charge on any atom is -0.481 e. The zero-order chi connectivity index (χ0) is 35.2. The molecule has 15 nitrogen and oxygen atoms in total. The average molecular weight is 687 g/mol. The lowest BCUT2D eigenvalue weighted by atomic mass is 9.98. The van der Waals surface area contributed by atoms with Gasteiger partial charge < -0.3 is 41.3 Å². The molecule has 48 heavy (non-hydrogen) atoms.